The molecule has 0 aliphatic heterocycles. The van der Waals surface area contributed by atoms with Crippen LogP contribution in [0.1, 0.15) is 71.1 Å². The standard InChI is InChI=1S/C20H33N2O7/c1-2-3-7-12-17(21(26)27)20(25)15-10-9-13-18(22(28)29)19(24)14-8-5-4-6-11-16-23/h5,8-10,17-20,24-25H,2-4,6-7,11-15H2,1H3/b8-5-,10-9-. The third-order valence-corrected chi connectivity index (χ3v) is 4.65. The highest BCUT2D eigenvalue weighted by Gasteiger charge is 2.29. The number of rotatable bonds is 18. The van der Waals surface area contributed by atoms with Gasteiger partial charge in [-0.25, -0.2) is 0 Å². The fraction of sp³-hybridized carbons (Fsp3) is 0.750. The van der Waals surface area contributed by atoms with Gasteiger partial charge in [-0.3, -0.25) is 25.0 Å². The molecule has 0 amide bonds. The monoisotopic (exact) mass is 413 g/mol. The summed E-state index contributed by atoms with van der Waals surface area (Å²) in [6, 6.07) is -2.25. The lowest BCUT2D eigenvalue weighted by atomic mass is 10.0. The summed E-state index contributed by atoms with van der Waals surface area (Å²) in [6.45, 7) is 1.99. The van der Waals surface area contributed by atoms with E-state index in [1.54, 1.807) is 18.4 Å². The Bertz CT molecular complexity index is 537. The zero-order valence-corrected chi connectivity index (χ0v) is 17.0. The van der Waals surface area contributed by atoms with E-state index in [1.165, 1.54) is 12.2 Å². The second-order valence-electron chi connectivity index (χ2n) is 7.02. The summed E-state index contributed by atoms with van der Waals surface area (Å²) in [7, 11) is 0. The minimum atomic E-state index is -1.20. The molecule has 29 heavy (non-hydrogen) atoms. The van der Waals surface area contributed by atoms with Crippen molar-refractivity contribution >= 4 is 6.29 Å². The van der Waals surface area contributed by atoms with E-state index in [-0.39, 0.29) is 19.3 Å². The summed E-state index contributed by atoms with van der Waals surface area (Å²) in [5.74, 6) is 0. The van der Waals surface area contributed by atoms with Gasteiger partial charge in [0.05, 0.1) is 0 Å². The number of allylic oxidation sites excluding steroid dienone is 1. The first-order chi connectivity index (χ1) is 13.8. The molecule has 0 spiro atoms. The van der Waals surface area contributed by atoms with Crippen molar-refractivity contribution in [1.82, 2.24) is 0 Å². The van der Waals surface area contributed by atoms with Crippen LogP contribution in [0.5, 0.6) is 0 Å². The van der Waals surface area contributed by atoms with E-state index in [0.29, 0.717) is 32.1 Å². The van der Waals surface area contributed by atoms with Gasteiger partial charge in [-0.2, -0.15) is 0 Å². The van der Waals surface area contributed by atoms with Crippen LogP contribution in [0.4, 0.5) is 0 Å². The molecule has 4 unspecified atom stereocenters. The highest BCUT2D eigenvalue weighted by Crippen LogP contribution is 2.14. The van der Waals surface area contributed by atoms with Crippen LogP contribution in [-0.4, -0.2) is 50.6 Å². The Hall–Kier alpha value is -2.13. The van der Waals surface area contributed by atoms with Gasteiger partial charge < -0.3 is 10.2 Å². The molecule has 0 aliphatic rings. The van der Waals surface area contributed by atoms with Crippen molar-refractivity contribution in [2.45, 2.75) is 95.4 Å². The molecule has 0 rings (SSSR count). The van der Waals surface area contributed by atoms with Crippen molar-refractivity contribution in [2.24, 2.45) is 0 Å². The highest BCUT2D eigenvalue weighted by atomic mass is 16.6. The predicted molar refractivity (Wildman–Crippen MR) is 109 cm³/mol. The minimum absolute atomic E-state index is 0.0337. The van der Waals surface area contributed by atoms with E-state index in [4.69, 9.17) is 0 Å². The summed E-state index contributed by atoms with van der Waals surface area (Å²) in [5, 5.41) is 42.4. The zero-order chi connectivity index (χ0) is 22.1. The van der Waals surface area contributed by atoms with Gasteiger partial charge >= 0.3 is 0 Å². The molecule has 0 fully saturated rings. The maximum atomic E-state index is 11.2. The summed E-state index contributed by atoms with van der Waals surface area (Å²) >= 11 is 0. The first-order valence-corrected chi connectivity index (χ1v) is 10.1. The molecule has 0 saturated carbocycles. The van der Waals surface area contributed by atoms with Crippen molar-refractivity contribution in [3.8, 4) is 0 Å². The van der Waals surface area contributed by atoms with E-state index in [9.17, 15) is 35.2 Å². The van der Waals surface area contributed by atoms with Crippen LogP contribution in [0.25, 0.3) is 0 Å². The largest absolute Gasteiger partial charge is 0.386 e. The first kappa shape index (κ1) is 26.9. The fourth-order valence-electron chi connectivity index (χ4n) is 2.86. The molecule has 1 radical (unpaired) electrons. The Labute approximate surface area is 171 Å². The topological polar surface area (TPSA) is 144 Å². The molecule has 0 bridgehead atoms. The highest BCUT2D eigenvalue weighted by molar-refractivity contribution is 5.50. The Balaban J connectivity index is 4.51. The lowest BCUT2D eigenvalue weighted by Gasteiger charge is -2.15. The van der Waals surface area contributed by atoms with Crippen molar-refractivity contribution in [3.63, 3.8) is 0 Å². The van der Waals surface area contributed by atoms with Crippen LogP contribution in [0.3, 0.4) is 0 Å². The van der Waals surface area contributed by atoms with Crippen LogP contribution < -0.4 is 0 Å². The van der Waals surface area contributed by atoms with Gasteiger partial charge in [-0.05, 0) is 32.1 Å². The van der Waals surface area contributed by atoms with Gasteiger partial charge in [0, 0.05) is 29.1 Å². The van der Waals surface area contributed by atoms with Crippen LogP contribution in [0.2, 0.25) is 0 Å². The van der Waals surface area contributed by atoms with Crippen molar-refractivity contribution < 1.29 is 24.9 Å². The molecule has 2 N–H and O–H groups in total. The summed E-state index contributed by atoms with van der Waals surface area (Å²) in [4.78, 5) is 31.4. The summed E-state index contributed by atoms with van der Waals surface area (Å²) < 4.78 is 0. The summed E-state index contributed by atoms with van der Waals surface area (Å²) in [6.07, 6.45) is 10.3. The average Bonchev–Trinajstić information content (AvgIpc) is 2.66. The third kappa shape index (κ3) is 12.8. The average molecular weight is 413 g/mol. The SMILES string of the molecule is CCCCCC(C(O)C/C=C\CC(C(O)C/C=C\CCC[C]=O)[N+](=O)[O-])[N+](=O)[O-]. The molecule has 0 aromatic rings. The van der Waals surface area contributed by atoms with Crippen molar-refractivity contribution in [2.75, 3.05) is 0 Å². The molecule has 0 heterocycles. The molecule has 0 saturated heterocycles. The molecule has 9 heteroatoms. The number of carbonyl (C=O) groups excluding carboxylic acids is 1. The van der Waals surface area contributed by atoms with Gasteiger partial charge in [-0.15, -0.1) is 0 Å². The van der Waals surface area contributed by atoms with E-state index >= 15 is 0 Å². The molecule has 9 nitrogen and oxygen atoms in total. The van der Waals surface area contributed by atoms with Gasteiger partial charge in [-0.1, -0.05) is 44.1 Å². The van der Waals surface area contributed by atoms with E-state index < -0.39 is 34.1 Å². The van der Waals surface area contributed by atoms with Crippen molar-refractivity contribution in [3.05, 3.63) is 44.5 Å². The number of nitrogens with zero attached hydrogens (tertiary/aromatic N) is 2. The Morgan fingerprint density at radius 3 is 1.97 bits per heavy atom. The smallest absolute Gasteiger partial charge is 0.242 e. The van der Waals surface area contributed by atoms with E-state index in [1.807, 2.05) is 6.92 Å². The Morgan fingerprint density at radius 2 is 1.41 bits per heavy atom. The normalized spacial score (nSPS) is 16.0. The second kappa shape index (κ2) is 16.8. The number of aliphatic hydroxyl groups excluding tert-OH is 2. The van der Waals surface area contributed by atoms with Crippen LogP contribution in [-0.2, 0) is 4.79 Å². The van der Waals surface area contributed by atoms with E-state index in [2.05, 4.69) is 0 Å². The molecular formula is C20H33N2O7. The fourth-order valence-corrected chi connectivity index (χ4v) is 2.86. The van der Waals surface area contributed by atoms with Crippen molar-refractivity contribution in [1.29, 1.82) is 0 Å². The zero-order valence-electron chi connectivity index (χ0n) is 17.0. The van der Waals surface area contributed by atoms with E-state index in [0.717, 1.165) is 12.8 Å². The van der Waals surface area contributed by atoms with Gasteiger partial charge in [0.1, 0.15) is 12.2 Å². The number of hydrogen-bond acceptors (Lipinski definition) is 7. The molecule has 4 atom stereocenters. The molecule has 0 aromatic heterocycles. The number of aliphatic hydroxyl groups is 2. The van der Waals surface area contributed by atoms with Crippen LogP contribution in [0, 0.1) is 20.2 Å². The summed E-state index contributed by atoms with van der Waals surface area (Å²) in [5.41, 5.74) is 0. The Kier molecular flexibility index (Phi) is 15.6. The van der Waals surface area contributed by atoms with Gasteiger partial charge in [0.2, 0.25) is 12.1 Å². The first-order valence-electron chi connectivity index (χ1n) is 10.1. The molecule has 0 aliphatic carbocycles. The van der Waals surface area contributed by atoms with Gasteiger partial charge in [0.15, 0.2) is 6.29 Å². The minimum Gasteiger partial charge on any atom is -0.386 e. The molecule has 0 aromatic carbocycles. The second-order valence-corrected chi connectivity index (χ2v) is 7.02. The van der Waals surface area contributed by atoms with Gasteiger partial charge in [0.25, 0.3) is 0 Å². The Morgan fingerprint density at radius 1 is 0.862 bits per heavy atom. The maximum absolute atomic E-state index is 11.2. The molecular weight excluding hydrogens is 380 g/mol. The number of nitro groups is 2. The lowest BCUT2D eigenvalue weighted by Crippen LogP contribution is -2.33. The maximum Gasteiger partial charge on any atom is 0.242 e. The quantitative estimate of drug-likeness (QED) is 0.152. The molecule has 165 valence electrons. The predicted octanol–water partition coefficient (Wildman–Crippen LogP) is 3.14. The lowest BCUT2D eigenvalue weighted by molar-refractivity contribution is -0.535. The number of unbranched alkanes of at least 4 members (excludes halogenated alkanes) is 4. The van der Waals surface area contributed by atoms with Crippen LogP contribution >= 0.6 is 0 Å². The van der Waals surface area contributed by atoms with Crippen LogP contribution in [0.15, 0.2) is 24.3 Å². The third-order valence-electron chi connectivity index (χ3n) is 4.65. The number of hydrogen-bond donors (Lipinski definition) is 2.